The highest BCUT2D eigenvalue weighted by Crippen LogP contribution is 1.96. The summed E-state index contributed by atoms with van der Waals surface area (Å²) in [5.74, 6) is -0.971. The number of nitrogens with one attached hydrogen (secondary N) is 1. The van der Waals surface area contributed by atoms with Crippen LogP contribution < -0.4 is 5.43 Å². The van der Waals surface area contributed by atoms with Crippen LogP contribution in [-0.4, -0.2) is 23.3 Å². The first kappa shape index (κ1) is 11.9. The van der Waals surface area contributed by atoms with Crippen molar-refractivity contribution in [2.45, 2.75) is 39.5 Å². The molecule has 4 heteroatoms. The number of aliphatic carboxylic acids is 1. The third kappa shape index (κ3) is 7.31. The van der Waals surface area contributed by atoms with Crippen molar-refractivity contribution in [3.05, 3.63) is 0 Å². The summed E-state index contributed by atoms with van der Waals surface area (Å²) in [6.45, 7) is 4.38. The van der Waals surface area contributed by atoms with E-state index < -0.39 is 5.97 Å². The molecule has 0 aromatic heterocycles. The minimum absolute atomic E-state index is 0.107. The summed E-state index contributed by atoms with van der Waals surface area (Å²) in [6, 6.07) is 0. The number of hydrogen-bond acceptors (Lipinski definition) is 3. The zero-order valence-electron chi connectivity index (χ0n) is 8.34. The summed E-state index contributed by atoms with van der Waals surface area (Å²) < 4.78 is 0. The van der Waals surface area contributed by atoms with Crippen LogP contribution in [0.2, 0.25) is 0 Å². The Morgan fingerprint density at radius 2 is 2.08 bits per heavy atom. The molecule has 0 saturated carbocycles. The lowest BCUT2D eigenvalue weighted by Gasteiger charge is -2.00. The fourth-order valence-electron chi connectivity index (χ4n) is 0.853. The first-order valence-corrected chi connectivity index (χ1v) is 4.69. The average molecular weight is 186 g/mol. The Bertz CT molecular complexity index is 178. The van der Waals surface area contributed by atoms with E-state index >= 15 is 0 Å². The number of unbranched alkanes of at least 4 members (excludes halogenated alkanes) is 3. The molecule has 13 heavy (non-hydrogen) atoms. The van der Waals surface area contributed by atoms with E-state index in [1.807, 2.05) is 0 Å². The van der Waals surface area contributed by atoms with Gasteiger partial charge in [0.1, 0.15) is 5.71 Å². The summed E-state index contributed by atoms with van der Waals surface area (Å²) in [5, 5.41) is 12.1. The molecule has 0 aliphatic rings. The van der Waals surface area contributed by atoms with Crippen molar-refractivity contribution in [2.75, 3.05) is 6.54 Å². The van der Waals surface area contributed by atoms with Crippen LogP contribution in [0.5, 0.6) is 0 Å². The second-order valence-corrected chi connectivity index (χ2v) is 2.97. The van der Waals surface area contributed by atoms with Crippen molar-refractivity contribution in [3.8, 4) is 0 Å². The van der Waals surface area contributed by atoms with Crippen LogP contribution >= 0.6 is 0 Å². The highest BCUT2D eigenvalue weighted by Gasteiger charge is 1.99. The minimum atomic E-state index is -0.971. The zero-order valence-corrected chi connectivity index (χ0v) is 8.34. The molecule has 0 aliphatic carbocycles. The standard InChI is InChI=1S/C9H18N2O2/c1-3-4-5-6-7-10-11-8(2)9(12)13/h10H,3-7H2,1-2H3,(H,12,13)/b11-8-. The highest BCUT2D eigenvalue weighted by molar-refractivity contribution is 6.34. The predicted octanol–water partition coefficient (Wildman–Crippen LogP) is 1.62. The second-order valence-electron chi connectivity index (χ2n) is 2.97. The highest BCUT2D eigenvalue weighted by atomic mass is 16.4. The van der Waals surface area contributed by atoms with Crippen LogP contribution in [0, 0.1) is 0 Å². The summed E-state index contributed by atoms with van der Waals surface area (Å²) in [5.41, 5.74) is 2.84. The van der Waals surface area contributed by atoms with Crippen molar-refractivity contribution in [1.82, 2.24) is 5.43 Å². The van der Waals surface area contributed by atoms with Gasteiger partial charge in [-0.25, -0.2) is 4.79 Å². The molecule has 0 rings (SSSR count). The van der Waals surface area contributed by atoms with Crippen molar-refractivity contribution in [1.29, 1.82) is 0 Å². The second kappa shape index (κ2) is 7.58. The smallest absolute Gasteiger partial charge is 0.351 e. The number of carboxylic acids is 1. The number of rotatable bonds is 7. The molecule has 2 N–H and O–H groups in total. The van der Waals surface area contributed by atoms with Crippen molar-refractivity contribution in [2.24, 2.45) is 5.10 Å². The molecular weight excluding hydrogens is 168 g/mol. The third-order valence-corrected chi connectivity index (χ3v) is 1.70. The van der Waals surface area contributed by atoms with Gasteiger partial charge < -0.3 is 10.5 Å². The SMILES string of the molecule is CCCCCCN/N=C(/C)C(=O)O. The molecule has 0 radical (unpaired) electrons. The zero-order chi connectivity index (χ0) is 10.1. The van der Waals surface area contributed by atoms with Gasteiger partial charge in [-0.2, -0.15) is 5.10 Å². The molecule has 0 saturated heterocycles. The van der Waals surface area contributed by atoms with E-state index in [4.69, 9.17) is 5.11 Å². The van der Waals surface area contributed by atoms with Gasteiger partial charge in [-0.1, -0.05) is 26.2 Å². The Kier molecular flexibility index (Phi) is 6.96. The van der Waals surface area contributed by atoms with Gasteiger partial charge in [0.2, 0.25) is 0 Å². The van der Waals surface area contributed by atoms with Gasteiger partial charge in [-0.05, 0) is 13.3 Å². The Labute approximate surface area is 79.0 Å². The van der Waals surface area contributed by atoms with Gasteiger partial charge in [-0.3, -0.25) is 0 Å². The molecule has 0 unspecified atom stereocenters. The van der Waals surface area contributed by atoms with Gasteiger partial charge in [0.15, 0.2) is 0 Å². The molecular formula is C9H18N2O2. The minimum Gasteiger partial charge on any atom is -0.477 e. The number of hydrogen-bond donors (Lipinski definition) is 2. The maximum Gasteiger partial charge on any atom is 0.351 e. The summed E-state index contributed by atoms with van der Waals surface area (Å²) in [7, 11) is 0. The fourth-order valence-corrected chi connectivity index (χ4v) is 0.853. The fraction of sp³-hybridized carbons (Fsp3) is 0.778. The molecule has 0 aromatic rings. The topological polar surface area (TPSA) is 61.7 Å². The van der Waals surface area contributed by atoms with Crippen LogP contribution in [-0.2, 0) is 4.79 Å². The quantitative estimate of drug-likeness (QED) is 0.361. The molecule has 0 amide bonds. The van der Waals surface area contributed by atoms with Gasteiger partial charge in [0.05, 0.1) is 0 Å². The van der Waals surface area contributed by atoms with Crippen molar-refractivity contribution in [3.63, 3.8) is 0 Å². The number of carbonyl (C=O) groups is 1. The molecule has 0 atom stereocenters. The lowest BCUT2D eigenvalue weighted by molar-refractivity contribution is -0.129. The number of nitrogens with zero attached hydrogens (tertiary/aromatic N) is 1. The molecule has 0 spiro atoms. The van der Waals surface area contributed by atoms with Gasteiger partial charge in [0, 0.05) is 6.54 Å². The predicted molar refractivity (Wildman–Crippen MR) is 52.9 cm³/mol. The number of hydrazone groups is 1. The first-order valence-electron chi connectivity index (χ1n) is 4.69. The van der Waals surface area contributed by atoms with Crippen molar-refractivity contribution >= 4 is 11.7 Å². The van der Waals surface area contributed by atoms with Crippen LogP contribution in [0.4, 0.5) is 0 Å². The Morgan fingerprint density at radius 3 is 2.62 bits per heavy atom. The van der Waals surface area contributed by atoms with E-state index in [0.717, 1.165) is 13.0 Å². The Hall–Kier alpha value is -1.06. The van der Waals surface area contributed by atoms with Crippen LogP contribution in [0.1, 0.15) is 39.5 Å². The van der Waals surface area contributed by atoms with E-state index in [-0.39, 0.29) is 5.71 Å². The van der Waals surface area contributed by atoms with E-state index in [1.165, 1.54) is 26.2 Å². The molecule has 0 heterocycles. The third-order valence-electron chi connectivity index (χ3n) is 1.70. The number of carboxylic acid groups (broad SMARTS) is 1. The molecule has 0 fully saturated rings. The Morgan fingerprint density at radius 1 is 1.38 bits per heavy atom. The maximum atomic E-state index is 10.3. The van der Waals surface area contributed by atoms with E-state index in [1.54, 1.807) is 0 Å². The lowest BCUT2D eigenvalue weighted by atomic mass is 10.2. The lowest BCUT2D eigenvalue weighted by Crippen LogP contribution is -2.16. The van der Waals surface area contributed by atoms with E-state index in [2.05, 4.69) is 17.5 Å². The summed E-state index contributed by atoms with van der Waals surface area (Å²) in [4.78, 5) is 10.3. The van der Waals surface area contributed by atoms with Crippen LogP contribution in [0.15, 0.2) is 5.10 Å². The average Bonchev–Trinajstić information content (AvgIpc) is 2.10. The van der Waals surface area contributed by atoms with Crippen LogP contribution in [0.25, 0.3) is 0 Å². The first-order chi connectivity index (χ1) is 6.18. The van der Waals surface area contributed by atoms with Gasteiger partial charge in [-0.15, -0.1) is 0 Å². The van der Waals surface area contributed by atoms with Crippen LogP contribution in [0.3, 0.4) is 0 Å². The molecule has 0 bridgehead atoms. The van der Waals surface area contributed by atoms with E-state index in [9.17, 15) is 4.79 Å². The molecule has 4 nitrogen and oxygen atoms in total. The summed E-state index contributed by atoms with van der Waals surface area (Å²) >= 11 is 0. The monoisotopic (exact) mass is 186 g/mol. The van der Waals surface area contributed by atoms with Gasteiger partial charge >= 0.3 is 5.97 Å². The Balaban J connectivity index is 3.34. The maximum absolute atomic E-state index is 10.3. The molecule has 0 aromatic carbocycles. The van der Waals surface area contributed by atoms with Crippen molar-refractivity contribution < 1.29 is 9.90 Å². The largest absolute Gasteiger partial charge is 0.477 e. The molecule has 76 valence electrons. The normalized spacial score (nSPS) is 11.4. The van der Waals surface area contributed by atoms with Gasteiger partial charge in [0.25, 0.3) is 0 Å². The molecule has 0 aliphatic heterocycles. The summed E-state index contributed by atoms with van der Waals surface area (Å²) in [6.07, 6.45) is 4.65. The van der Waals surface area contributed by atoms with E-state index in [0.29, 0.717) is 0 Å².